The minimum absolute atomic E-state index is 0.0933. The second kappa shape index (κ2) is 5.19. The Bertz CT molecular complexity index is 436. The first-order valence-corrected chi connectivity index (χ1v) is 5.56. The molecule has 0 saturated carbocycles. The molecule has 0 aliphatic heterocycles. The number of amides is 1. The third kappa shape index (κ3) is 3.30. The summed E-state index contributed by atoms with van der Waals surface area (Å²) in [5.41, 5.74) is 0.617. The first-order valence-electron chi connectivity index (χ1n) is 4.48. The van der Waals surface area contributed by atoms with E-state index in [1.54, 1.807) is 24.4 Å². The molecule has 0 fully saturated rings. The number of aryl methyl sites for hydroxylation is 1. The summed E-state index contributed by atoms with van der Waals surface area (Å²) in [7, 11) is 0. The molecule has 1 N–H and O–H groups in total. The fourth-order valence-corrected chi connectivity index (χ4v) is 1.72. The van der Waals surface area contributed by atoms with Gasteiger partial charge in [0.05, 0.1) is 0 Å². The SMILES string of the molecule is Cc1cc(I)ccc1NC(=O)C(F)(F)C(F)F. The normalized spacial score (nSPS) is 11.7. The fourth-order valence-electron chi connectivity index (χ4n) is 1.07. The van der Waals surface area contributed by atoms with Gasteiger partial charge in [-0.15, -0.1) is 0 Å². The van der Waals surface area contributed by atoms with Gasteiger partial charge in [-0.3, -0.25) is 4.79 Å². The number of anilines is 1. The second-order valence-corrected chi connectivity index (χ2v) is 4.58. The lowest BCUT2D eigenvalue weighted by Gasteiger charge is -2.16. The smallest absolute Gasteiger partial charge is 0.320 e. The topological polar surface area (TPSA) is 29.1 Å². The average molecular weight is 361 g/mol. The standard InChI is InChI=1S/C10H8F4INO/c1-5-4-6(15)2-3-7(5)16-9(17)10(13,14)8(11)12/h2-4,8H,1H3,(H,16,17). The van der Waals surface area contributed by atoms with Gasteiger partial charge in [0.25, 0.3) is 0 Å². The Balaban J connectivity index is 2.89. The number of hydrogen-bond donors (Lipinski definition) is 1. The minimum atomic E-state index is -4.69. The Morgan fingerprint density at radius 3 is 2.47 bits per heavy atom. The number of carbonyl (C=O) groups excluding carboxylic acids is 1. The largest absolute Gasteiger partial charge is 0.383 e. The van der Waals surface area contributed by atoms with E-state index in [1.165, 1.54) is 6.07 Å². The summed E-state index contributed by atoms with van der Waals surface area (Å²) < 4.78 is 50.0. The van der Waals surface area contributed by atoms with Crippen LogP contribution in [0.15, 0.2) is 18.2 Å². The molecule has 1 amide bonds. The quantitative estimate of drug-likeness (QED) is 0.649. The van der Waals surface area contributed by atoms with Gasteiger partial charge in [-0.05, 0) is 53.3 Å². The molecule has 2 nitrogen and oxygen atoms in total. The average Bonchev–Trinajstić information content (AvgIpc) is 2.21. The number of halogens is 5. The lowest BCUT2D eigenvalue weighted by molar-refractivity contribution is -0.163. The van der Waals surface area contributed by atoms with E-state index in [0.29, 0.717) is 5.56 Å². The van der Waals surface area contributed by atoms with Crippen molar-refractivity contribution in [2.24, 2.45) is 0 Å². The van der Waals surface area contributed by atoms with Gasteiger partial charge in [0.1, 0.15) is 0 Å². The lowest BCUT2D eigenvalue weighted by Crippen LogP contribution is -2.41. The molecule has 1 aromatic rings. The maximum atomic E-state index is 12.7. The van der Waals surface area contributed by atoms with Gasteiger partial charge in [-0.1, -0.05) is 0 Å². The van der Waals surface area contributed by atoms with Crippen molar-refractivity contribution >= 4 is 34.2 Å². The third-order valence-electron chi connectivity index (χ3n) is 2.01. The molecule has 0 unspecified atom stereocenters. The van der Waals surface area contributed by atoms with Crippen molar-refractivity contribution in [1.82, 2.24) is 0 Å². The predicted molar refractivity (Wildman–Crippen MR) is 63.5 cm³/mol. The van der Waals surface area contributed by atoms with E-state index in [0.717, 1.165) is 3.57 Å². The number of rotatable bonds is 3. The van der Waals surface area contributed by atoms with E-state index in [1.807, 2.05) is 22.6 Å². The fraction of sp³-hybridized carbons (Fsp3) is 0.300. The molecular weight excluding hydrogens is 353 g/mol. The molecule has 94 valence electrons. The minimum Gasteiger partial charge on any atom is -0.320 e. The molecule has 0 saturated heterocycles. The van der Waals surface area contributed by atoms with Crippen LogP contribution in [0, 0.1) is 10.5 Å². The molecule has 17 heavy (non-hydrogen) atoms. The number of hydrogen-bond acceptors (Lipinski definition) is 1. The highest BCUT2D eigenvalue weighted by Crippen LogP contribution is 2.26. The second-order valence-electron chi connectivity index (χ2n) is 3.34. The predicted octanol–water partition coefficient (Wildman–Crippen LogP) is 3.44. The van der Waals surface area contributed by atoms with Crippen LogP contribution in [0.2, 0.25) is 0 Å². The summed E-state index contributed by atoms with van der Waals surface area (Å²) in [4.78, 5) is 11.0. The van der Waals surface area contributed by atoms with Crippen LogP contribution < -0.4 is 5.32 Å². The van der Waals surface area contributed by atoms with Crippen LogP contribution in [0.25, 0.3) is 0 Å². The Labute approximate surface area is 109 Å². The molecule has 1 rings (SSSR count). The molecule has 0 heterocycles. The van der Waals surface area contributed by atoms with Crippen LogP contribution >= 0.6 is 22.6 Å². The van der Waals surface area contributed by atoms with Gasteiger partial charge in [0, 0.05) is 9.26 Å². The molecule has 0 radical (unpaired) electrons. The van der Waals surface area contributed by atoms with Crippen LogP contribution in [-0.2, 0) is 4.79 Å². The molecule has 0 spiro atoms. The summed E-state index contributed by atoms with van der Waals surface area (Å²) in [6.45, 7) is 1.58. The van der Waals surface area contributed by atoms with Gasteiger partial charge in [-0.2, -0.15) is 8.78 Å². The molecule has 7 heteroatoms. The summed E-state index contributed by atoms with van der Waals surface area (Å²) in [5, 5.41) is 1.79. The molecule has 0 aliphatic carbocycles. The third-order valence-corrected chi connectivity index (χ3v) is 2.68. The van der Waals surface area contributed by atoms with Crippen LogP contribution in [0.1, 0.15) is 5.56 Å². The molecular formula is C10H8F4INO. The van der Waals surface area contributed by atoms with Crippen LogP contribution in [0.5, 0.6) is 0 Å². The molecule has 0 aliphatic rings. The number of benzene rings is 1. The van der Waals surface area contributed by atoms with E-state index in [9.17, 15) is 22.4 Å². The Morgan fingerprint density at radius 1 is 1.41 bits per heavy atom. The van der Waals surface area contributed by atoms with E-state index >= 15 is 0 Å². The highest BCUT2D eigenvalue weighted by molar-refractivity contribution is 14.1. The summed E-state index contributed by atoms with van der Waals surface area (Å²) >= 11 is 2.00. The van der Waals surface area contributed by atoms with E-state index in [4.69, 9.17) is 0 Å². The van der Waals surface area contributed by atoms with Crippen LogP contribution in [0.4, 0.5) is 23.2 Å². The highest BCUT2D eigenvalue weighted by atomic mass is 127. The van der Waals surface area contributed by atoms with Crippen molar-refractivity contribution in [1.29, 1.82) is 0 Å². The zero-order valence-electron chi connectivity index (χ0n) is 8.61. The van der Waals surface area contributed by atoms with Crippen molar-refractivity contribution < 1.29 is 22.4 Å². The first kappa shape index (κ1) is 14.2. The van der Waals surface area contributed by atoms with Gasteiger partial charge >= 0.3 is 18.3 Å². The zero-order valence-corrected chi connectivity index (χ0v) is 10.8. The van der Waals surface area contributed by atoms with Crippen molar-refractivity contribution in [2.45, 2.75) is 19.3 Å². The monoisotopic (exact) mass is 361 g/mol. The van der Waals surface area contributed by atoms with Gasteiger partial charge in [0.15, 0.2) is 0 Å². The van der Waals surface area contributed by atoms with E-state index < -0.39 is 18.3 Å². The Morgan fingerprint density at radius 2 is 2.00 bits per heavy atom. The lowest BCUT2D eigenvalue weighted by atomic mass is 10.2. The van der Waals surface area contributed by atoms with E-state index in [2.05, 4.69) is 0 Å². The van der Waals surface area contributed by atoms with Crippen molar-refractivity contribution in [3.05, 3.63) is 27.3 Å². The zero-order chi connectivity index (χ0) is 13.2. The van der Waals surface area contributed by atoms with Crippen molar-refractivity contribution in [3.8, 4) is 0 Å². The van der Waals surface area contributed by atoms with Crippen molar-refractivity contribution in [3.63, 3.8) is 0 Å². The highest BCUT2D eigenvalue weighted by Gasteiger charge is 2.49. The van der Waals surface area contributed by atoms with Gasteiger partial charge in [0.2, 0.25) is 0 Å². The molecule has 0 aromatic heterocycles. The number of nitrogens with one attached hydrogen (secondary N) is 1. The van der Waals surface area contributed by atoms with Crippen LogP contribution in [-0.4, -0.2) is 18.3 Å². The Hall–Kier alpha value is -0.860. The summed E-state index contributed by atoms with van der Waals surface area (Å²) in [5.74, 6) is -6.69. The van der Waals surface area contributed by atoms with Crippen LogP contribution in [0.3, 0.4) is 0 Å². The first-order chi connectivity index (χ1) is 7.75. The molecule has 1 aromatic carbocycles. The van der Waals surface area contributed by atoms with Gasteiger partial charge in [-0.25, -0.2) is 8.78 Å². The number of carbonyl (C=O) groups is 1. The maximum absolute atomic E-state index is 12.7. The van der Waals surface area contributed by atoms with E-state index in [-0.39, 0.29) is 5.69 Å². The Kier molecular flexibility index (Phi) is 4.34. The van der Waals surface area contributed by atoms with Crippen molar-refractivity contribution in [2.75, 3.05) is 5.32 Å². The molecule has 0 bridgehead atoms. The number of alkyl halides is 4. The maximum Gasteiger partial charge on any atom is 0.383 e. The summed E-state index contributed by atoms with van der Waals surface area (Å²) in [6.07, 6.45) is -4.02. The molecule has 0 atom stereocenters. The van der Waals surface area contributed by atoms with Gasteiger partial charge < -0.3 is 5.32 Å². The summed E-state index contributed by atoms with van der Waals surface area (Å²) in [6, 6.07) is 4.59.